The zero-order chi connectivity index (χ0) is 14.0. The molecule has 0 aromatic heterocycles. The summed E-state index contributed by atoms with van der Waals surface area (Å²) in [5, 5.41) is 11.0. The van der Waals surface area contributed by atoms with Gasteiger partial charge in [0.1, 0.15) is 11.4 Å². The zero-order valence-corrected chi connectivity index (χ0v) is 11.6. The van der Waals surface area contributed by atoms with Crippen LogP contribution in [0.4, 0.5) is 4.39 Å². The summed E-state index contributed by atoms with van der Waals surface area (Å²) >= 11 is 0. The Morgan fingerprint density at radius 1 is 1.11 bits per heavy atom. The third-order valence-electron chi connectivity index (χ3n) is 3.86. The molecule has 1 nitrogen and oxygen atoms in total. The average molecular weight is 258 g/mol. The highest BCUT2D eigenvalue weighted by Crippen LogP contribution is 2.35. The molecule has 0 heterocycles. The molecule has 0 aliphatic carbocycles. The molecule has 0 saturated heterocycles. The smallest absolute Gasteiger partial charge is 0.123 e. The van der Waals surface area contributed by atoms with Gasteiger partial charge in [0.25, 0.3) is 0 Å². The van der Waals surface area contributed by atoms with Gasteiger partial charge in [0.2, 0.25) is 0 Å². The fourth-order valence-electron chi connectivity index (χ4n) is 2.49. The van der Waals surface area contributed by atoms with Crippen molar-refractivity contribution in [2.24, 2.45) is 0 Å². The van der Waals surface area contributed by atoms with Crippen LogP contribution in [0.5, 0.6) is 0 Å². The van der Waals surface area contributed by atoms with Gasteiger partial charge in [0.15, 0.2) is 0 Å². The Morgan fingerprint density at radius 3 is 2.42 bits per heavy atom. The van der Waals surface area contributed by atoms with E-state index in [1.807, 2.05) is 39.0 Å². The first-order chi connectivity index (χ1) is 8.99. The van der Waals surface area contributed by atoms with Crippen LogP contribution < -0.4 is 0 Å². The maximum absolute atomic E-state index is 13.4. The van der Waals surface area contributed by atoms with E-state index in [-0.39, 0.29) is 5.82 Å². The molecule has 0 aliphatic rings. The van der Waals surface area contributed by atoms with Gasteiger partial charge in [-0.05, 0) is 54.7 Å². The molecule has 100 valence electrons. The molecular weight excluding hydrogens is 239 g/mol. The molecule has 0 spiro atoms. The van der Waals surface area contributed by atoms with Crippen LogP contribution in [0.1, 0.15) is 35.6 Å². The predicted octanol–water partition coefficient (Wildman–Crippen LogP) is 4.09. The van der Waals surface area contributed by atoms with E-state index in [0.717, 1.165) is 16.7 Å². The van der Waals surface area contributed by atoms with Crippen molar-refractivity contribution in [2.75, 3.05) is 0 Å². The van der Waals surface area contributed by atoms with Crippen LogP contribution in [0.2, 0.25) is 0 Å². The van der Waals surface area contributed by atoms with Crippen molar-refractivity contribution in [3.63, 3.8) is 0 Å². The van der Waals surface area contributed by atoms with E-state index < -0.39 is 5.60 Å². The van der Waals surface area contributed by atoms with Crippen molar-refractivity contribution < 1.29 is 9.50 Å². The minimum Gasteiger partial charge on any atom is -0.380 e. The maximum atomic E-state index is 13.4. The average Bonchev–Trinajstić information content (AvgIpc) is 2.41. The maximum Gasteiger partial charge on any atom is 0.123 e. The summed E-state index contributed by atoms with van der Waals surface area (Å²) in [4.78, 5) is 0. The van der Waals surface area contributed by atoms with E-state index in [4.69, 9.17) is 0 Å². The van der Waals surface area contributed by atoms with E-state index in [2.05, 4.69) is 0 Å². The van der Waals surface area contributed by atoms with Gasteiger partial charge < -0.3 is 5.11 Å². The lowest BCUT2D eigenvalue weighted by atomic mass is 9.81. The molecule has 1 unspecified atom stereocenters. The number of hydrogen-bond acceptors (Lipinski definition) is 1. The van der Waals surface area contributed by atoms with Gasteiger partial charge in [-0.2, -0.15) is 0 Å². The van der Waals surface area contributed by atoms with Crippen molar-refractivity contribution in [1.82, 2.24) is 0 Å². The number of rotatable bonds is 3. The minimum absolute atomic E-state index is 0.324. The summed E-state index contributed by atoms with van der Waals surface area (Å²) in [5.41, 5.74) is 2.49. The summed E-state index contributed by atoms with van der Waals surface area (Å²) < 4.78 is 13.4. The van der Waals surface area contributed by atoms with Gasteiger partial charge in [-0.15, -0.1) is 0 Å². The minimum atomic E-state index is -1.14. The number of halogens is 1. The number of hydrogen-bond donors (Lipinski definition) is 1. The van der Waals surface area contributed by atoms with Gasteiger partial charge in [-0.3, -0.25) is 0 Å². The van der Waals surface area contributed by atoms with E-state index in [0.29, 0.717) is 12.0 Å². The van der Waals surface area contributed by atoms with Crippen LogP contribution in [0.15, 0.2) is 42.5 Å². The van der Waals surface area contributed by atoms with Crippen molar-refractivity contribution in [2.45, 2.75) is 32.8 Å². The van der Waals surface area contributed by atoms with Crippen molar-refractivity contribution in [3.8, 4) is 0 Å². The standard InChI is InChI=1S/C17H19FO/c1-4-17(19,14-8-6-9-15(18)11-14)16-10-5-7-12(2)13(16)3/h5-11,19H,4H2,1-3H3. The number of aryl methyl sites for hydroxylation is 1. The van der Waals surface area contributed by atoms with E-state index in [1.54, 1.807) is 12.1 Å². The zero-order valence-electron chi connectivity index (χ0n) is 11.6. The van der Waals surface area contributed by atoms with Crippen molar-refractivity contribution in [3.05, 3.63) is 70.5 Å². The molecule has 2 aromatic rings. The van der Waals surface area contributed by atoms with Crippen molar-refractivity contribution >= 4 is 0 Å². The monoisotopic (exact) mass is 258 g/mol. The lowest BCUT2D eigenvalue weighted by Gasteiger charge is -2.30. The SMILES string of the molecule is CCC(O)(c1cccc(F)c1)c1cccc(C)c1C. The van der Waals surface area contributed by atoms with Gasteiger partial charge >= 0.3 is 0 Å². The molecule has 0 radical (unpaired) electrons. The summed E-state index contributed by atoms with van der Waals surface area (Å²) in [6.45, 7) is 5.91. The fraction of sp³-hybridized carbons (Fsp3) is 0.294. The molecule has 0 amide bonds. The molecule has 1 N–H and O–H groups in total. The lowest BCUT2D eigenvalue weighted by Crippen LogP contribution is -2.27. The van der Waals surface area contributed by atoms with Gasteiger partial charge in [0, 0.05) is 0 Å². The molecule has 0 aliphatic heterocycles. The molecule has 19 heavy (non-hydrogen) atoms. The fourth-order valence-corrected chi connectivity index (χ4v) is 2.49. The third kappa shape index (κ3) is 2.41. The Morgan fingerprint density at radius 2 is 1.79 bits per heavy atom. The molecular formula is C17H19FO. The molecule has 0 fully saturated rings. The highest BCUT2D eigenvalue weighted by molar-refractivity contribution is 5.43. The third-order valence-corrected chi connectivity index (χ3v) is 3.86. The highest BCUT2D eigenvalue weighted by atomic mass is 19.1. The predicted molar refractivity (Wildman–Crippen MR) is 75.6 cm³/mol. The summed E-state index contributed by atoms with van der Waals surface area (Å²) in [7, 11) is 0. The Bertz CT molecular complexity index is 592. The van der Waals surface area contributed by atoms with Crippen LogP contribution in [-0.2, 0) is 5.60 Å². The van der Waals surface area contributed by atoms with Crippen molar-refractivity contribution in [1.29, 1.82) is 0 Å². The normalized spacial score (nSPS) is 14.2. The van der Waals surface area contributed by atoms with E-state index in [1.165, 1.54) is 12.1 Å². The molecule has 2 heteroatoms. The topological polar surface area (TPSA) is 20.2 Å². The Balaban J connectivity index is 2.63. The van der Waals surface area contributed by atoms with Gasteiger partial charge in [-0.25, -0.2) is 4.39 Å². The second kappa shape index (κ2) is 5.14. The summed E-state index contributed by atoms with van der Waals surface area (Å²) in [5.74, 6) is -0.324. The summed E-state index contributed by atoms with van der Waals surface area (Å²) in [6.07, 6.45) is 0.501. The molecule has 0 bridgehead atoms. The quantitative estimate of drug-likeness (QED) is 0.879. The second-order valence-electron chi connectivity index (χ2n) is 4.97. The number of benzene rings is 2. The first kappa shape index (κ1) is 13.8. The Hall–Kier alpha value is -1.67. The van der Waals surface area contributed by atoms with E-state index >= 15 is 0 Å². The summed E-state index contributed by atoms with van der Waals surface area (Å²) in [6, 6.07) is 12.1. The van der Waals surface area contributed by atoms with Crippen LogP contribution in [-0.4, -0.2) is 5.11 Å². The Kier molecular flexibility index (Phi) is 3.72. The molecule has 2 rings (SSSR count). The first-order valence-electron chi connectivity index (χ1n) is 6.54. The van der Waals surface area contributed by atoms with Gasteiger partial charge in [-0.1, -0.05) is 37.3 Å². The highest BCUT2D eigenvalue weighted by Gasteiger charge is 2.31. The molecule has 0 saturated carbocycles. The van der Waals surface area contributed by atoms with Crippen LogP contribution in [0.25, 0.3) is 0 Å². The van der Waals surface area contributed by atoms with Crippen LogP contribution in [0, 0.1) is 19.7 Å². The number of aliphatic hydroxyl groups is 1. The first-order valence-corrected chi connectivity index (χ1v) is 6.54. The van der Waals surface area contributed by atoms with Crippen LogP contribution in [0.3, 0.4) is 0 Å². The Labute approximate surface area is 113 Å². The molecule has 2 aromatic carbocycles. The second-order valence-corrected chi connectivity index (χ2v) is 4.97. The van der Waals surface area contributed by atoms with Crippen LogP contribution >= 0.6 is 0 Å². The largest absolute Gasteiger partial charge is 0.380 e. The molecule has 1 atom stereocenters. The van der Waals surface area contributed by atoms with Gasteiger partial charge in [0.05, 0.1) is 0 Å². The lowest BCUT2D eigenvalue weighted by molar-refractivity contribution is 0.0754. The van der Waals surface area contributed by atoms with E-state index in [9.17, 15) is 9.50 Å².